The van der Waals surface area contributed by atoms with Gasteiger partial charge in [0.25, 0.3) is 17.8 Å². The van der Waals surface area contributed by atoms with Crippen molar-refractivity contribution in [1.29, 1.82) is 0 Å². The number of carbonyl (C=O) groups is 4. The lowest BCUT2D eigenvalue weighted by molar-refractivity contribution is -0.385. The summed E-state index contributed by atoms with van der Waals surface area (Å²) in [4.78, 5) is 74.6. The molecule has 268 valence electrons. The third-order valence-corrected chi connectivity index (χ3v) is 10.3. The Morgan fingerprint density at radius 1 is 1.04 bits per heavy atom. The summed E-state index contributed by atoms with van der Waals surface area (Å²) in [7, 11) is 5.35. The van der Waals surface area contributed by atoms with Crippen molar-refractivity contribution in [2.24, 2.45) is 11.8 Å². The van der Waals surface area contributed by atoms with E-state index in [2.05, 4.69) is 4.74 Å². The molecule has 3 heterocycles. The molecule has 0 saturated carbocycles. The third-order valence-electron chi connectivity index (χ3n) is 8.81. The van der Waals surface area contributed by atoms with Gasteiger partial charge < -0.3 is 24.4 Å². The predicted molar refractivity (Wildman–Crippen MR) is 180 cm³/mol. The number of nitro groups is 2. The molecule has 5 rings (SSSR count). The van der Waals surface area contributed by atoms with Crippen LogP contribution in [0.2, 0.25) is 0 Å². The molecule has 2 fully saturated rings. The normalized spacial score (nSPS) is 23.2. The number of benzene rings is 2. The second-order valence-corrected chi connectivity index (χ2v) is 13.8. The lowest BCUT2D eigenvalue weighted by Crippen LogP contribution is -2.63. The van der Waals surface area contributed by atoms with Gasteiger partial charge in [-0.3, -0.25) is 39.5 Å². The van der Waals surface area contributed by atoms with Crippen LogP contribution in [0.15, 0.2) is 59.1 Å². The highest BCUT2D eigenvalue weighted by Gasteiger charge is 2.60. The zero-order chi connectivity index (χ0) is 36.9. The Kier molecular flexibility index (Phi) is 12.3. The van der Waals surface area contributed by atoms with Gasteiger partial charge in [-0.2, -0.15) is 0 Å². The van der Waals surface area contributed by atoms with Crippen LogP contribution >= 0.6 is 11.8 Å². The number of esters is 1. The molecule has 17 heteroatoms. The minimum absolute atomic E-state index is 0.0230. The van der Waals surface area contributed by atoms with Gasteiger partial charge in [-0.05, 0) is 55.8 Å². The molecule has 16 nitrogen and oxygen atoms in total. The van der Waals surface area contributed by atoms with Crippen LogP contribution in [-0.4, -0.2) is 105 Å². The molecule has 0 aromatic heterocycles. The second-order valence-electron chi connectivity index (χ2n) is 12.5. The number of amides is 2. The number of hydrogen-bond donors (Lipinski definition) is 1. The minimum Gasteiger partial charge on any atom is -0.463 e. The number of ether oxygens (including phenoxy) is 2. The molecule has 1 N–H and O–H groups in total. The number of nitro benzene ring substituents is 2. The van der Waals surface area contributed by atoms with E-state index >= 15 is 0 Å². The van der Waals surface area contributed by atoms with Gasteiger partial charge in [0.15, 0.2) is 0 Å². The zero-order valence-corrected chi connectivity index (χ0v) is 29.0. The average Bonchev–Trinajstić information content (AvgIpc) is 3.56. The summed E-state index contributed by atoms with van der Waals surface area (Å²) in [6.07, 6.45) is -0.240. The Labute approximate surface area is 292 Å². The lowest BCUT2D eigenvalue weighted by atomic mass is 9.79. The smallest absolute Gasteiger partial charge is 0.356 e. The van der Waals surface area contributed by atoms with Crippen molar-refractivity contribution in [3.05, 3.63) is 90.5 Å². The standard InChI is InChI=1S/C25H32N4O7S.C8H7NO4/c1-13-20-19(14(2)30)24(32)28(20)21(25(33)36-12-15-6-8-16(9-7-15)29(34)35)22(13)37-17-10-18(27(5)11-17)23(31)26(3)4;10-6-13-5-7-1-3-8(4-2-7)9(11)12/h6-9,13-14,17-20,30H,10-12H2,1-5H3;1-4,6H,5H2/t13-,14-,17+,18+,19-,20?;/m1./s1. The van der Waals surface area contributed by atoms with Gasteiger partial charge in [-0.15, -0.1) is 11.8 Å². The molecule has 6 atom stereocenters. The minimum atomic E-state index is -0.849. The van der Waals surface area contributed by atoms with E-state index in [1.54, 1.807) is 38.1 Å². The summed E-state index contributed by atoms with van der Waals surface area (Å²) in [5.74, 6) is -1.72. The monoisotopic (exact) mass is 713 g/mol. The van der Waals surface area contributed by atoms with Crippen molar-refractivity contribution in [1.82, 2.24) is 14.7 Å². The van der Waals surface area contributed by atoms with Crippen molar-refractivity contribution in [3.8, 4) is 0 Å². The Balaban J connectivity index is 0.000000363. The molecular formula is C33H39N5O11S. The van der Waals surface area contributed by atoms with Crippen LogP contribution in [0.4, 0.5) is 11.4 Å². The molecule has 3 aliphatic heterocycles. The quantitative estimate of drug-likeness (QED) is 0.111. The number of non-ortho nitro benzene ring substituents is 2. The summed E-state index contributed by atoms with van der Waals surface area (Å²) >= 11 is 1.50. The number of rotatable bonds is 12. The first-order valence-corrected chi connectivity index (χ1v) is 16.6. The first-order chi connectivity index (χ1) is 23.7. The summed E-state index contributed by atoms with van der Waals surface area (Å²) < 4.78 is 10.0. The molecule has 2 aromatic carbocycles. The summed E-state index contributed by atoms with van der Waals surface area (Å²) in [5.41, 5.74) is 1.45. The number of thioether (sulfide) groups is 1. The van der Waals surface area contributed by atoms with Gasteiger partial charge in [0, 0.05) is 61.0 Å². The number of likely N-dealkylation sites (tertiary alicyclic amines) is 1. The topological polar surface area (TPSA) is 203 Å². The average molecular weight is 714 g/mol. The predicted octanol–water partition coefficient (Wildman–Crippen LogP) is 2.87. The number of hydrogen-bond acceptors (Lipinski definition) is 13. The first-order valence-electron chi connectivity index (χ1n) is 15.7. The van der Waals surface area contributed by atoms with E-state index in [1.807, 2.05) is 18.9 Å². The largest absolute Gasteiger partial charge is 0.463 e. The zero-order valence-electron chi connectivity index (χ0n) is 28.2. The molecule has 2 saturated heterocycles. The fourth-order valence-corrected chi connectivity index (χ4v) is 7.84. The number of aliphatic hydroxyl groups excluding tert-OH is 1. The summed E-state index contributed by atoms with van der Waals surface area (Å²) in [6.45, 7) is 4.54. The molecule has 0 radical (unpaired) electrons. The molecule has 0 aliphatic carbocycles. The van der Waals surface area contributed by atoms with Gasteiger partial charge in [0.1, 0.15) is 18.9 Å². The van der Waals surface area contributed by atoms with Gasteiger partial charge in [0.2, 0.25) is 11.8 Å². The lowest BCUT2D eigenvalue weighted by Gasteiger charge is -2.46. The van der Waals surface area contributed by atoms with E-state index in [1.165, 1.54) is 53.1 Å². The van der Waals surface area contributed by atoms with E-state index in [9.17, 15) is 44.5 Å². The Morgan fingerprint density at radius 2 is 1.58 bits per heavy atom. The van der Waals surface area contributed by atoms with Gasteiger partial charge in [0.05, 0.1) is 34.0 Å². The van der Waals surface area contributed by atoms with Crippen molar-refractivity contribution in [3.63, 3.8) is 0 Å². The Bertz CT molecular complexity index is 1650. The van der Waals surface area contributed by atoms with Crippen LogP contribution in [0, 0.1) is 32.1 Å². The van der Waals surface area contributed by atoms with E-state index in [0.29, 0.717) is 25.0 Å². The van der Waals surface area contributed by atoms with Crippen molar-refractivity contribution in [2.75, 3.05) is 27.7 Å². The molecule has 0 spiro atoms. The van der Waals surface area contributed by atoms with E-state index in [-0.39, 0.29) is 65.4 Å². The van der Waals surface area contributed by atoms with Crippen LogP contribution in [-0.2, 0) is 41.9 Å². The summed E-state index contributed by atoms with van der Waals surface area (Å²) in [6, 6.07) is 10.9. The highest BCUT2D eigenvalue weighted by Crippen LogP contribution is 2.52. The van der Waals surface area contributed by atoms with Crippen LogP contribution in [0.3, 0.4) is 0 Å². The molecule has 50 heavy (non-hydrogen) atoms. The highest BCUT2D eigenvalue weighted by molar-refractivity contribution is 8.03. The first kappa shape index (κ1) is 37.9. The number of carbonyl (C=O) groups excluding carboxylic acids is 4. The van der Waals surface area contributed by atoms with Crippen LogP contribution < -0.4 is 0 Å². The number of β-lactam (4-membered cyclic amide) rings is 1. The molecule has 2 aromatic rings. The number of likely N-dealkylation sites (N-methyl/N-ethyl adjacent to an activating group) is 2. The van der Waals surface area contributed by atoms with Crippen molar-refractivity contribution >= 4 is 47.4 Å². The Morgan fingerprint density at radius 3 is 2.06 bits per heavy atom. The molecule has 2 amide bonds. The van der Waals surface area contributed by atoms with Crippen LogP contribution in [0.5, 0.6) is 0 Å². The molecule has 1 unspecified atom stereocenters. The number of nitrogens with zero attached hydrogens (tertiary/aromatic N) is 5. The van der Waals surface area contributed by atoms with E-state index < -0.39 is 27.8 Å². The summed E-state index contributed by atoms with van der Waals surface area (Å²) in [5, 5.41) is 31.4. The maximum Gasteiger partial charge on any atom is 0.356 e. The highest BCUT2D eigenvalue weighted by atomic mass is 32.2. The molecule has 3 aliphatic rings. The van der Waals surface area contributed by atoms with Crippen molar-refractivity contribution < 1.29 is 43.6 Å². The molecular weight excluding hydrogens is 674 g/mol. The van der Waals surface area contributed by atoms with E-state index in [4.69, 9.17) is 4.74 Å². The van der Waals surface area contributed by atoms with Crippen LogP contribution in [0.1, 0.15) is 31.4 Å². The SMILES string of the molecule is C[C@H]1C(S[C@H]2C[C@@H](C(=O)N(C)C)N(C)C2)=C(C(=O)OCc2ccc([N+](=O)[O-])cc2)N2C(=O)[C@H]([C@@H](C)O)C12.O=COCc1ccc([N+](=O)[O-])cc1. The number of fused-ring (bicyclic) bond motifs is 1. The second kappa shape index (κ2) is 16.2. The van der Waals surface area contributed by atoms with Gasteiger partial charge >= 0.3 is 5.97 Å². The van der Waals surface area contributed by atoms with Crippen LogP contribution in [0.25, 0.3) is 0 Å². The third kappa shape index (κ3) is 8.28. The van der Waals surface area contributed by atoms with Crippen molar-refractivity contribution in [2.45, 2.75) is 56.9 Å². The maximum absolute atomic E-state index is 13.3. The van der Waals surface area contributed by atoms with Gasteiger partial charge in [-0.25, -0.2) is 4.79 Å². The molecule has 0 bridgehead atoms. The fourth-order valence-electron chi connectivity index (χ4n) is 6.25. The Hall–Kier alpha value is -4.87. The fraction of sp³-hybridized carbons (Fsp3) is 0.455. The van der Waals surface area contributed by atoms with Gasteiger partial charge in [-0.1, -0.05) is 6.92 Å². The van der Waals surface area contributed by atoms with E-state index in [0.717, 1.165) is 10.5 Å². The number of aliphatic hydroxyl groups is 1. The maximum atomic E-state index is 13.3.